The van der Waals surface area contributed by atoms with Crippen molar-refractivity contribution < 1.29 is 13.6 Å². The zero-order chi connectivity index (χ0) is 13.8. The molecule has 0 saturated heterocycles. The van der Waals surface area contributed by atoms with Gasteiger partial charge in [0.1, 0.15) is 11.6 Å². The van der Waals surface area contributed by atoms with Crippen molar-refractivity contribution in [3.8, 4) is 11.1 Å². The van der Waals surface area contributed by atoms with E-state index in [2.05, 4.69) is 5.32 Å². The average Bonchev–Trinajstić information content (AvgIpc) is 2.41. The van der Waals surface area contributed by atoms with Crippen molar-refractivity contribution in [1.82, 2.24) is 0 Å². The molecule has 0 atom stereocenters. The second kappa shape index (κ2) is 5.58. The van der Waals surface area contributed by atoms with E-state index in [0.29, 0.717) is 11.1 Å². The number of nitrogens with one attached hydrogen (secondary N) is 1. The maximum absolute atomic E-state index is 13.8. The summed E-state index contributed by atoms with van der Waals surface area (Å²) in [7, 11) is 0. The number of amides is 1. The van der Waals surface area contributed by atoms with Crippen molar-refractivity contribution >= 4 is 11.6 Å². The molecule has 0 aliphatic rings. The Labute approximate surface area is 109 Å². The lowest BCUT2D eigenvalue weighted by Crippen LogP contribution is -2.22. The molecule has 3 N–H and O–H groups in total. The SMILES string of the molecule is NCC(=O)Nc1ccc(-c2cccc(F)c2)cc1F. The lowest BCUT2D eigenvalue weighted by atomic mass is 10.0. The van der Waals surface area contributed by atoms with E-state index in [-0.39, 0.29) is 12.2 Å². The second-order valence-corrected chi connectivity index (χ2v) is 3.96. The Morgan fingerprint density at radius 2 is 1.84 bits per heavy atom. The van der Waals surface area contributed by atoms with Gasteiger partial charge in [0.25, 0.3) is 0 Å². The summed E-state index contributed by atoms with van der Waals surface area (Å²) in [4.78, 5) is 11.1. The fourth-order valence-electron chi connectivity index (χ4n) is 1.67. The summed E-state index contributed by atoms with van der Waals surface area (Å²) in [6, 6.07) is 10.1. The first-order valence-electron chi connectivity index (χ1n) is 5.65. The molecular weight excluding hydrogens is 250 g/mol. The molecule has 1 amide bonds. The summed E-state index contributed by atoms with van der Waals surface area (Å²) < 4.78 is 26.9. The first-order chi connectivity index (χ1) is 9.10. The van der Waals surface area contributed by atoms with Gasteiger partial charge < -0.3 is 11.1 Å². The maximum Gasteiger partial charge on any atom is 0.238 e. The number of rotatable bonds is 3. The van der Waals surface area contributed by atoms with Gasteiger partial charge in [-0.25, -0.2) is 8.78 Å². The van der Waals surface area contributed by atoms with E-state index < -0.39 is 17.5 Å². The van der Waals surface area contributed by atoms with Crippen molar-refractivity contribution in [2.45, 2.75) is 0 Å². The van der Waals surface area contributed by atoms with E-state index in [9.17, 15) is 13.6 Å². The molecule has 2 rings (SSSR count). The Kier molecular flexibility index (Phi) is 3.87. The molecule has 3 nitrogen and oxygen atoms in total. The molecule has 0 bridgehead atoms. The van der Waals surface area contributed by atoms with E-state index in [1.165, 1.54) is 24.3 Å². The molecule has 0 fully saturated rings. The summed E-state index contributed by atoms with van der Waals surface area (Å²) in [5.41, 5.74) is 6.28. The van der Waals surface area contributed by atoms with Crippen LogP contribution in [0.3, 0.4) is 0 Å². The zero-order valence-electron chi connectivity index (χ0n) is 9.99. The normalized spacial score (nSPS) is 10.3. The first-order valence-corrected chi connectivity index (χ1v) is 5.65. The number of halogens is 2. The van der Waals surface area contributed by atoms with Crippen LogP contribution in [-0.4, -0.2) is 12.5 Å². The Hall–Kier alpha value is -2.27. The van der Waals surface area contributed by atoms with Crippen molar-refractivity contribution in [3.05, 3.63) is 54.1 Å². The highest BCUT2D eigenvalue weighted by atomic mass is 19.1. The predicted octanol–water partition coefficient (Wildman–Crippen LogP) is 2.53. The number of benzene rings is 2. The summed E-state index contributed by atoms with van der Waals surface area (Å²) in [6.45, 7) is -0.217. The number of carbonyl (C=O) groups is 1. The highest BCUT2D eigenvalue weighted by molar-refractivity contribution is 5.92. The Balaban J connectivity index is 2.31. The van der Waals surface area contributed by atoms with Gasteiger partial charge in [0, 0.05) is 0 Å². The third-order valence-corrected chi connectivity index (χ3v) is 2.59. The van der Waals surface area contributed by atoms with Crippen LogP contribution in [0.5, 0.6) is 0 Å². The summed E-state index contributed by atoms with van der Waals surface area (Å²) >= 11 is 0. The third kappa shape index (κ3) is 3.14. The summed E-state index contributed by atoms with van der Waals surface area (Å²) in [5, 5.41) is 2.34. The molecular formula is C14H12F2N2O. The summed E-state index contributed by atoms with van der Waals surface area (Å²) in [6.07, 6.45) is 0. The minimum absolute atomic E-state index is 0.0515. The standard InChI is InChI=1S/C14H12F2N2O/c15-11-3-1-2-9(6-11)10-4-5-13(12(16)7-10)18-14(19)8-17/h1-7H,8,17H2,(H,18,19). The average molecular weight is 262 g/mol. The Bertz CT molecular complexity index is 614. The Morgan fingerprint density at radius 1 is 1.11 bits per heavy atom. The molecule has 2 aromatic rings. The van der Waals surface area contributed by atoms with Gasteiger partial charge in [0.05, 0.1) is 12.2 Å². The van der Waals surface area contributed by atoms with Gasteiger partial charge in [0.2, 0.25) is 5.91 Å². The van der Waals surface area contributed by atoms with Gasteiger partial charge in [0.15, 0.2) is 0 Å². The molecule has 19 heavy (non-hydrogen) atoms. The molecule has 0 heterocycles. The minimum atomic E-state index is -0.594. The number of anilines is 1. The van der Waals surface area contributed by atoms with Crippen LogP contribution in [0.4, 0.5) is 14.5 Å². The lowest BCUT2D eigenvalue weighted by Gasteiger charge is -2.07. The number of hydrogen-bond acceptors (Lipinski definition) is 2. The van der Waals surface area contributed by atoms with Gasteiger partial charge in [-0.3, -0.25) is 4.79 Å². The first kappa shape index (κ1) is 13.2. The molecule has 2 aromatic carbocycles. The van der Waals surface area contributed by atoms with Gasteiger partial charge in [-0.15, -0.1) is 0 Å². The maximum atomic E-state index is 13.8. The molecule has 98 valence electrons. The van der Waals surface area contributed by atoms with Gasteiger partial charge in [-0.1, -0.05) is 18.2 Å². The minimum Gasteiger partial charge on any atom is -0.322 e. The smallest absolute Gasteiger partial charge is 0.238 e. The van der Waals surface area contributed by atoms with Crippen molar-refractivity contribution in [2.24, 2.45) is 5.73 Å². The largest absolute Gasteiger partial charge is 0.322 e. The monoisotopic (exact) mass is 262 g/mol. The topological polar surface area (TPSA) is 55.1 Å². The van der Waals surface area contributed by atoms with Crippen LogP contribution in [0.25, 0.3) is 11.1 Å². The van der Waals surface area contributed by atoms with Crippen LogP contribution in [0.2, 0.25) is 0 Å². The second-order valence-electron chi connectivity index (χ2n) is 3.96. The summed E-state index contributed by atoms with van der Waals surface area (Å²) in [5.74, 6) is -1.46. The van der Waals surface area contributed by atoms with Crippen LogP contribution in [0, 0.1) is 11.6 Å². The molecule has 0 radical (unpaired) electrons. The molecule has 0 aromatic heterocycles. The fraction of sp³-hybridized carbons (Fsp3) is 0.0714. The van der Waals surface area contributed by atoms with E-state index in [1.807, 2.05) is 0 Å². The third-order valence-electron chi connectivity index (χ3n) is 2.59. The molecule has 0 aliphatic carbocycles. The highest BCUT2D eigenvalue weighted by Gasteiger charge is 2.08. The van der Waals surface area contributed by atoms with Crippen molar-refractivity contribution in [1.29, 1.82) is 0 Å². The van der Waals surface area contributed by atoms with E-state index in [1.54, 1.807) is 18.2 Å². The van der Waals surface area contributed by atoms with E-state index >= 15 is 0 Å². The van der Waals surface area contributed by atoms with Gasteiger partial charge in [-0.05, 0) is 35.4 Å². The van der Waals surface area contributed by atoms with Crippen LogP contribution >= 0.6 is 0 Å². The van der Waals surface area contributed by atoms with Crippen LogP contribution in [0.15, 0.2) is 42.5 Å². The quantitative estimate of drug-likeness (QED) is 0.893. The van der Waals surface area contributed by atoms with Crippen molar-refractivity contribution in [3.63, 3.8) is 0 Å². The fourth-order valence-corrected chi connectivity index (χ4v) is 1.67. The highest BCUT2D eigenvalue weighted by Crippen LogP contribution is 2.24. The number of nitrogens with two attached hydrogens (primary N) is 1. The van der Waals surface area contributed by atoms with Crippen LogP contribution in [-0.2, 0) is 4.79 Å². The van der Waals surface area contributed by atoms with Crippen LogP contribution in [0.1, 0.15) is 0 Å². The van der Waals surface area contributed by atoms with Gasteiger partial charge >= 0.3 is 0 Å². The van der Waals surface area contributed by atoms with Crippen molar-refractivity contribution in [2.75, 3.05) is 11.9 Å². The molecule has 0 aliphatic heterocycles. The zero-order valence-corrected chi connectivity index (χ0v) is 9.99. The number of hydrogen-bond donors (Lipinski definition) is 2. The van der Waals surface area contributed by atoms with Gasteiger partial charge in [-0.2, -0.15) is 0 Å². The molecule has 5 heteroatoms. The van der Waals surface area contributed by atoms with Crippen LogP contribution < -0.4 is 11.1 Å². The molecule has 0 unspecified atom stereocenters. The lowest BCUT2D eigenvalue weighted by molar-refractivity contribution is -0.114. The Morgan fingerprint density at radius 3 is 2.47 bits per heavy atom. The van der Waals surface area contributed by atoms with E-state index in [0.717, 1.165) is 0 Å². The molecule has 0 spiro atoms. The number of carbonyl (C=O) groups excluding carboxylic acids is 1. The molecule has 0 saturated carbocycles. The predicted molar refractivity (Wildman–Crippen MR) is 69.5 cm³/mol. The van der Waals surface area contributed by atoms with E-state index in [4.69, 9.17) is 5.73 Å².